The van der Waals surface area contributed by atoms with Crippen molar-refractivity contribution in [1.29, 1.82) is 0 Å². The number of rotatable bonds is 2. The first-order valence-electron chi connectivity index (χ1n) is 4.51. The zero-order chi connectivity index (χ0) is 9.42. The summed E-state index contributed by atoms with van der Waals surface area (Å²) in [4.78, 5) is 24.3. The maximum absolute atomic E-state index is 11.2. The SMILES string of the molecule is CNc1c(N2CCCC2)c(=O)c1=O. The van der Waals surface area contributed by atoms with Gasteiger partial charge in [-0.15, -0.1) is 0 Å². The second kappa shape index (κ2) is 2.87. The summed E-state index contributed by atoms with van der Waals surface area (Å²) in [7, 11) is 1.68. The Morgan fingerprint density at radius 3 is 2.31 bits per heavy atom. The number of nitrogens with one attached hydrogen (secondary N) is 1. The van der Waals surface area contributed by atoms with Crippen molar-refractivity contribution in [3.8, 4) is 0 Å². The quantitative estimate of drug-likeness (QED) is 0.647. The molecular weight excluding hydrogens is 168 g/mol. The fourth-order valence-corrected chi connectivity index (χ4v) is 1.85. The Balaban J connectivity index is 2.35. The summed E-state index contributed by atoms with van der Waals surface area (Å²) in [5.74, 6) is 0. The van der Waals surface area contributed by atoms with Gasteiger partial charge in [-0.1, -0.05) is 0 Å². The summed E-state index contributed by atoms with van der Waals surface area (Å²) >= 11 is 0. The topological polar surface area (TPSA) is 49.4 Å². The lowest BCUT2D eigenvalue weighted by molar-refractivity contribution is 0.949. The van der Waals surface area contributed by atoms with E-state index >= 15 is 0 Å². The number of anilines is 2. The zero-order valence-corrected chi connectivity index (χ0v) is 7.59. The molecule has 1 aliphatic heterocycles. The first-order valence-corrected chi connectivity index (χ1v) is 4.51. The highest BCUT2D eigenvalue weighted by Gasteiger charge is 2.26. The molecule has 1 aromatic carbocycles. The second-order valence-electron chi connectivity index (χ2n) is 3.33. The summed E-state index contributed by atoms with van der Waals surface area (Å²) in [6, 6.07) is 0. The third kappa shape index (κ3) is 1.05. The predicted octanol–water partition coefficient (Wildman–Crippen LogP) is -0.0755. The first kappa shape index (κ1) is 8.29. The highest BCUT2D eigenvalue weighted by Crippen LogP contribution is 2.23. The van der Waals surface area contributed by atoms with E-state index < -0.39 is 0 Å². The van der Waals surface area contributed by atoms with Crippen molar-refractivity contribution in [1.82, 2.24) is 0 Å². The van der Waals surface area contributed by atoms with Crippen molar-refractivity contribution >= 4 is 11.4 Å². The average molecular weight is 180 g/mol. The van der Waals surface area contributed by atoms with Gasteiger partial charge < -0.3 is 10.2 Å². The van der Waals surface area contributed by atoms with Crippen LogP contribution in [0.1, 0.15) is 12.8 Å². The van der Waals surface area contributed by atoms with Crippen LogP contribution < -0.4 is 21.1 Å². The number of hydrogen-bond donors (Lipinski definition) is 1. The van der Waals surface area contributed by atoms with Gasteiger partial charge in [0.15, 0.2) is 0 Å². The Bertz CT molecular complexity index is 384. The first-order chi connectivity index (χ1) is 6.25. The van der Waals surface area contributed by atoms with E-state index in [2.05, 4.69) is 5.32 Å². The van der Waals surface area contributed by atoms with Crippen LogP contribution in [0.15, 0.2) is 9.59 Å². The molecule has 1 heterocycles. The maximum Gasteiger partial charge on any atom is 0.253 e. The molecule has 4 heteroatoms. The van der Waals surface area contributed by atoms with Gasteiger partial charge in [-0.2, -0.15) is 0 Å². The molecule has 1 fully saturated rings. The summed E-state index contributed by atoms with van der Waals surface area (Å²) in [6.07, 6.45) is 2.23. The van der Waals surface area contributed by atoms with Gasteiger partial charge in [0, 0.05) is 20.1 Å². The molecule has 1 aromatic rings. The minimum absolute atomic E-state index is 0.328. The Hall–Kier alpha value is -1.32. The fourth-order valence-electron chi connectivity index (χ4n) is 1.85. The van der Waals surface area contributed by atoms with Crippen LogP contribution >= 0.6 is 0 Å². The van der Waals surface area contributed by atoms with E-state index in [0.717, 1.165) is 25.9 Å². The molecular formula is C9H12N2O2. The second-order valence-corrected chi connectivity index (χ2v) is 3.33. The number of hydrogen-bond acceptors (Lipinski definition) is 4. The molecule has 0 radical (unpaired) electrons. The van der Waals surface area contributed by atoms with Gasteiger partial charge in [-0.3, -0.25) is 9.59 Å². The van der Waals surface area contributed by atoms with E-state index in [1.165, 1.54) is 0 Å². The lowest BCUT2D eigenvalue weighted by Gasteiger charge is -2.21. The van der Waals surface area contributed by atoms with Crippen LogP contribution in [-0.2, 0) is 0 Å². The van der Waals surface area contributed by atoms with Gasteiger partial charge in [0.05, 0.1) is 0 Å². The van der Waals surface area contributed by atoms with Crippen LogP contribution in [0.2, 0.25) is 0 Å². The van der Waals surface area contributed by atoms with Crippen molar-refractivity contribution in [3.63, 3.8) is 0 Å². The minimum atomic E-state index is -0.371. The molecule has 13 heavy (non-hydrogen) atoms. The Labute approximate surface area is 75.9 Å². The van der Waals surface area contributed by atoms with E-state index in [1.54, 1.807) is 7.05 Å². The fraction of sp³-hybridized carbons (Fsp3) is 0.556. The molecule has 0 unspecified atom stereocenters. The molecule has 1 aliphatic rings. The van der Waals surface area contributed by atoms with Gasteiger partial charge in [-0.25, -0.2) is 0 Å². The van der Waals surface area contributed by atoms with Crippen LogP contribution in [0, 0.1) is 0 Å². The van der Waals surface area contributed by atoms with E-state index in [9.17, 15) is 9.59 Å². The van der Waals surface area contributed by atoms with Gasteiger partial charge in [0.1, 0.15) is 11.4 Å². The monoisotopic (exact) mass is 180 g/mol. The molecule has 0 bridgehead atoms. The van der Waals surface area contributed by atoms with Crippen LogP contribution in [0.3, 0.4) is 0 Å². The summed E-state index contributed by atoms with van der Waals surface area (Å²) in [6.45, 7) is 1.80. The van der Waals surface area contributed by atoms with Crippen molar-refractivity contribution in [2.45, 2.75) is 12.8 Å². The van der Waals surface area contributed by atoms with Crippen molar-refractivity contribution in [2.24, 2.45) is 0 Å². The highest BCUT2D eigenvalue weighted by molar-refractivity contribution is 5.75. The molecule has 0 spiro atoms. The van der Waals surface area contributed by atoms with Crippen LogP contribution in [0.5, 0.6) is 0 Å². The standard InChI is InChI=1S/C9H12N2O2/c1-10-6-7(9(13)8(6)12)11-4-2-3-5-11/h10H,2-5H2,1H3. The molecule has 0 amide bonds. The Kier molecular flexibility index (Phi) is 1.83. The minimum Gasteiger partial charge on any atom is -0.383 e. The smallest absolute Gasteiger partial charge is 0.253 e. The van der Waals surface area contributed by atoms with Gasteiger partial charge in [0.25, 0.3) is 10.9 Å². The molecule has 0 aromatic heterocycles. The largest absolute Gasteiger partial charge is 0.383 e. The van der Waals surface area contributed by atoms with E-state index in [0.29, 0.717) is 11.4 Å². The van der Waals surface area contributed by atoms with Crippen molar-refractivity contribution in [3.05, 3.63) is 20.4 Å². The highest BCUT2D eigenvalue weighted by atomic mass is 16.2. The lowest BCUT2D eigenvalue weighted by Crippen LogP contribution is -2.41. The third-order valence-electron chi connectivity index (χ3n) is 2.56. The zero-order valence-electron chi connectivity index (χ0n) is 7.59. The number of nitrogens with zero attached hydrogens (tertiary/aromatic N) is 1. The van der Waals surface area contributed by atoms with Crippen LogP contribution in [-0.4, -0.2) is 20.1 Å². The molecule has 2 rings (SSSR count). The van der Waals surface area contributed by atoms with Gasteiger partial charge >= 0.3 is 0 Å². The van der Waals surface area contributed by atoms with Gasteiger partial charge in [0.2, 0.25) is 0 Å². The van der Waals surface area contributed by atoms with Crippen molar-refractivity contribution in [2.75, 3.05) is 30.4 Å². The molecule has 0 atom stereocenters. The molecule has 4 nitrogen and oxygen atoms in total. The third-order valence-corrected chi connectivity index (χ3v) is 2.56. The Morgan fingerprint density at radius 2 is 1.77 bits per heavy atom. The van der Waals surface area contributed by atoms with E-state index in [-0.39, 0.29) is 10.9 Å². The lowest BCUT2D eigenvalue weighted by atomic mass is 10.2. The Morgan fingerprint density at radius 1 is 1.15 bits per heavy atom. The van der Waals surface area contributed by atoms with Crippen LogP contribution in [0.4, 0.5) is 11.4 Å². The summed E-state index contributed by atoms with van der Waals surface area (Å²) in [5, 5.41) is 2.78. The molecule has 70 valence electrons. The molecule has 1 N–H and O–H groups in total. The average Bonchev–Trinajstić information content (AvgIpc) is 2.64. The maximum atomic E-state index is 11.2. The molecule has 1 saturated heterocycles. The molecule has 0 saturated carbocycles. The predicted molar refractivity (Wildman–Crippen MR) is 52.3 cm³/mol. The molecule has 0 aliphatic carbocycles. The van der Waals surface area contributed by atoms with E-state index in [1.807, 2.05) is 4.90 Å². The van der Waals surface area contributed by atoms with E-state index in [4.69, 9.17) is 0 Å². The summed E-state index contributed by atoms with van der Waals surface area (Å²) in [5.41, 5.74) is 0.396. The summed E-state index contributed by atoms with van der Waals surface area (Å²) < 4.78 is 0. The van der Waals surface area contributed by atoms with Crippen LogP contribution in [0.25, 0.3) is 0 Å². The van der Waals surface area contributed by atoms with Crippen molar-refractivity contribution < 1.29 is 0 Å². The normalized spacial score (nSPS) is 16.8. The van der Waals surface area contributed by atoms with Gasteiger partial charge in [-0.05, 0) is 12.8 Å².